The molecule has 1 aliphatic rings. The van der Waals surface area contributed by atoms with Crippen molar-refractivity contribution in [1.82, 2.24) is 10.1 Å². The van der Waals surface area contributed by atoms with Crippen molar-refractivity contribution in [2.75, 3.05) is 10.2 Å². The first-order valence-electron chi connectivity index (χ1n) is 9.02. The summed E-state index contributed by atoms with van der Waals surface area (Å²) in [5, 5.41) is 6.12. The number of para-hydroxylation sites is 1. The van der Waals surface area contributed by atoms with Crippen molar-refractivity contribution < 1.29 is 27.3 Å². The molecule has 3 aromatic rings. The molecule has 4 rings (SSSR count). The van der Waals surface area contributed by atoms with E-state index in [0.717, 1.165) is 0 Å². The maximum absolute atomic E-state index is 12.7. The van der Waals surface area contributed by atoms with E-state index in [0.29, 0.717) is 17.8 Å². The standard InChI is InChI=1S/C20H15F3N4O3/c21-20(22,23)19-25-17(26-30-19)12-6-8-14(9-7-12)27-15(10-11-16(27)28)18(29)24-13-4-2-1-3-5-13/h1-9,15H,10-11H2,(H,24,29)/t15-/m0/s1. The van der Waals surface area contributed by atoms with Crippen LogP contribution in [0.5, 0.6) is 0 Å². The normalized spacial score (nSPS) is 16.7. The molecule has 2 amide bonds. The average Bonchev–Trinajstić information content (AvgIpc) is 3.36. The Balaban J connectivity index is 1.54. The first-order chi connectivity index (χ1) is 14.3. The van der Waals surface area contributed by atoms with Crippen LogP contribution in [0.15, 0.2) is 59.1 Å². The third-order valence-corrected chi connectivity index (χ3v) is 4.63. The molecule has 10 heteroatoms. The van der Waals surface area contributed by atoms with Gasteiger partial charge in [-0.1, -0.05) is 23.4 Å². The van der Waals surface area contributed by atoms with Crippen LogP contribution >= 0.6 is 0 Å². The molecule has 0 aliphatic carbocycles. The van der Waals surface area contributed by atoms with Crippen molar-refractivity contribution in [1.29, 1.82) is 0 Å². The lowest BCUT2D eigenvalue weighted by molar-refractivity contribution is -0.159. The highest BCUT2D eigenvalue weighted by Crippen LogP contribution is 2.31. The molecule has 1 atom stereocenters. The van der Waals surface area contributed by atoms with Gasteiger partial charge in [-0.05, 0) is 42.8 Å². The maximum atomic E-state index is 12.7. The summed E-state index contributed by atoms with van der Waals surface area (Å²) in [4.78, 5) is 29.8. The van der Waals surface area contributed by atoms with E-state index in [1.807, 2.05) is 6.07 Å². The van der Waals surface area contributed by atoms with Crippen LogP contribution in [0.4, 0.5) is 24.5 Å². The number of rotatable bonds is 4. The van der Waals surface area contributed by atoms with Gasteiger partial charge >= 0.3 is 12.1 Å². The van der Waals surface area contributed by atoms with E-state index in [1.165, 1.54) is 29.2 Å². The van der Waals surface area contributed by atoms with E-state index in [-0.39, 0.29) is 29.6 Å². The average molecular weight is 416 g/mol. The number of nitrogens with one attached hydrogen (secondary N) is 1. The van der Waals surface area contributed by atoms with Crippen molar-refractivity contribution in [3.8, 4) is 11.4 Å². The Hall–Kier alpha value is -3.69. The smallest absolute Gasteiger partial charge is 0.329 e. The fraction of sp³-hybridized carbons (Fsp3) is 0.200. The monoisotopic (exact) mass is 416 g/mol. The van der Waals surface area contributed by atoms with E-state index in [9.17, 15) is 22.8 Å². The summed E-state index contributed by atoms with van der Waals surface area (Å²) in [5.74, 6) is -2.19. The number of halogens is 3. The van der Waals surface area contributed by atoms with Crippen LogP contribution < -0.4 is 10.2 Å². The minimum absolute atomic E-state index is 0.213. The van der Waals surface area contributed by atoms with Crippen LogP contribution in [0.2, 0.25) is 0 Å². The minimum atomic E-state index is -4.73. The molecule has 0 radical (unpaired) electrons. The molecule has 0 spiro atoms. The van der Waals surface area contributed by atoms with E-state index >= 15 is 0 Å². The number of carbonyl (C=O) groups excluding carboxylic acids is 2. The highest BCUT2D eigenvalue weighted by Gasteiger charge is 2.39. The fourth-order valence-corrected chi connectivity index (χ4v) is 3.23. The predicted octanol–water partition coefficient (Wildman–Crippen LogP) is 3.89. The van der Waals surface area contributed by atoms with Crippen LogP contribution in [-0.4, -0.2) is 28.0 Å². The zero-order valence-corrected chi connectivity index (χ0v) is 15.4. The van der Waals surface area contributed by atoms with E-state index in [2.05, 4.69) is 20.0 Å². The van der Waals surface area contributed by atoms with Gasteiger partial charge in [-0.3, -0.25) is 14.5 Å². The van der Waals surface area contributed by atoms with Crippen LogP contribution in [0.1, 0.15) is 18.7 Å². The third kappa shape index (κ3) is 3.88. The highest BCUT2D eigenvalue weighted by atomic mass is 19.4. The molecule has 1 aromatic heterocycles. The quantitative estimate of drug-likeness (QED) is 0.697. The zero-order chi connectivity index (χ0) is 21.3. The lowest BCUT2D eigenvalue weighted by Crippen LogP contribution is -2.41. The van der Waals surface area contributed by atoms with E-state index in [4.69, 9.17) is 0 Å². The van der Waals surface area contributed by atoms with Gasteiger partial charge < -0.3 is 9.84 Å². The Morgan fingerprint density at radius 1 is 1.10 bits per heavy atom. The Bertz CT molecular complexity index is 1060. The van der Waals surface area contributed by atoms with Gasteiger partial charge in [0.2, 0.25) is 17.6 Å². The minimum Gasteiger partial charge on any atom is -0.329 e. The SMILES string of the molecule is O=C(Nc1ccccc1)[C@@H]1CCC(=O)N1c1ccc(-c2noc(C(F)(F)F)n2)cc1. The summed E-state index contributed by atoms with van der Waals surface area (Å²) < 4.78 is 42.1. The number of alkyl halides is 3. The van der Waals surface area contributed by atoms with Crippen molar-refractivity contribution in [2.24, 2.45) is 0 Å². The molecule has 2 heterocycles. The lowest BCUT2D eigenvalue weighted by atomic mass is 10.1. The Morgan fingerprint density at radius 2 is 1.80 bits per heavy atom. The van der Waals surface area contributed by atoms with Crippen LogP contribution in [0.25, 0.3) is 11.4 Å². The number of carbonyl (C=O) groups is 2. The molecule has 0 unspecified atom stereocenters. The van der Waals surface area contributed by atoms with Gasteiger partial charge in [0.25, 0.3) is 0 Å². The summed E-state index contributed by atoms with van der Waals surface area (Å²) in [6, 6.07) is 14.2. The summed E-state index contributed by atoms with van der Waals surface area (Å²) in [6.45, 7) is 0. The summed E-state index contributed by atoms with van der Waals surface area (Å²) >= 11 is 0. The Morgan fingerprint density at radius 3 is 2.43 bits per heavy atom. The van der Waals surface area contributed by atoms with Gasteiger partial charge in [-0.2, -0.15) is 18.2 Å². The maximum Gasteiger partial charge on any atom is 0.471 e. The summed E-state index contributed by atoms with van der Waals surface area (Å²) in [5.41, 5.74) is 1.36. The van der Waals surface area contributed by atoms with Crippen LogP contribution in [-0.2, 0) is 15.8 Å². The predicted molar refractivity (Wildman–Crippen MR) is 100 cm³/mol. The summed E-state index contributed by atoms with van der Waals surface area (Å²) in [6.07, 6.45) is -4.15. The molecule has 1 N–H and O–H groups in total. The molecule has 1 saturated heterocycles. The van der Waals surface area contributed by atoms with Gasteiger partial charge in [0, 0.05) is 23.4 Å². The van der Waals surface area contributed by atoms with Crippen LogP contribution in [0.3, 0.4) is 0 Å². The Kier molecular flexibility index (Phi) is 4.98. The van der Waals surface area contributed by atoms with Gasteiger partial charge in [-0.25, -0.2) is 0 Å². The third-order valence-electron chi connectivity index (χ3n) is 4.63. The van der Waals surface area contributed by atoms with Crippen LogP contribution in [0, 0.1) is 0 Å². The molecule has 1 fully saturated rings. The molecule has 7 nitrogen and oxygen atoms in total. The number of aromatic nitrogens is 2. The van der Waals surface area contributed by atoms with E-state index in [1.54, 1.807) is 24.3 Å². The molecular formula is C20H15F3N4O3. The number of amides is 2. The molecule has 30 heavy (non-hydrogen) atoms. The van der Waals surface area contributed by atoms with Crippen molar-refractivity contribution in [3.63, 3.8) is 0 Å². The molecule has 154 valence electrons. The first-order valence-corrected chi connectivity index (χ1v) is 9.02. The lowest BCUT2D eigenvalue weighted by Gasteiger charge is -2.24. The zero-order valence-electron chi connectivity index (χ0n) is 15.4. The molecule has 2 aromatic carbocycles. The second-order valence-corrected chi connectivity index (χ2v) is 6.64. The van der Waals surface area contributed by atoms with Crippen molar-refractivity contribution >= 4 is 23.2 Å². The number of anilines is 2. The first kappa shape index (κ1) is 19.6. The van der Waals surface area contributed by atoms with Crippen molar-refractivity contribution in [3.05, 3.63) is 60.5 Å². The second-order valence-electron chi connectivity index (χ2n) is 6.64. The number of hydrogen-bond donors (Lipinski definition) is 1. The largest absolute Gasteiger partial charge is 0.471 e. The topological polar surface area (TPSA) is 88.3 Å². The fourth-order valence-electron chi connectivity index (χ4n) is 3.23. The number of hydrogen-bond acceptors (Lipinski definition) is 5. The van der Waals surface area contributed by atoms with Gasteiger partial charge in [0.05, 0.1) is 0 Å². The highest BCUT2D eigenvalue weighted by molar-refractivity contribution is 6.07. The van der Waals surface area contributed by atoms with Gasteiger partial charge in [-0.15, -0.1) is 0 Å². The van der Waals surface area contributed by atoms with E-state index < -0.39 is 18.1 Å². The van der Waals surface area contributed by atoms with Crippen molar-refractivity contribution in [2.45, 2.75) is 25.1 Å². The van der Waals surface area contributed by atoms with Gasteiger partial charge in [0.1, 0.15) is 6.04 Å². The molecule has 1 aliphatic heterocycles. The molecule has 0 bridgehead atoms. The second kappa shape index (κ2) is 7.62. The molecule has 0 saturated carbocycles. The van der Waals surface area contributed by atoms with Gasteiger partial charge in [0.15, 0.2) is 0 Å². The number of benzene rings is 2. The molecular weight excluding hydrogens is 401 g/mol. The Labute approximate surface area is 168 Å². The summed E-state index contributed by atoms with van der Waals surface area (Å²) in [7, 11) is 0. The number of nitrogens with zero attached hydrogens (tertiary/aromatic N) is 3.